The second-order valence-electron chi connectivity index (χ2n) is 37.4. The van der Waals surface area contributed by atoms with Crippen molar-refractivity contribution >= 4 is 24.7 Å². The van der Waals surface area contributed by atoms with Gasteiger partial charge in [0.25, 0.3) is 8.32 Å². The first kappa shape index (κ1) is 108. The van der Waals surface area contributed by atoms with Crippen LogP contribution in [0.2, 0.25) is 5.04 Å². The second-order valence-corrected chi connectivity index (χ2v) is 41.7. The molecule has 0 saturated carbocycles. The molecule has 0 aromatic heterocycles. The third-order valence-corrected chi connectivity index (χ3v) is 31.3. The van der Waals surface area contributed by atoms with E-state index in [1.165, 1.54) is 6.92 Å². The third kappa shape index (κ3) is 28.5. The van der Waals surface area contributed by atoms with Gasteiger partial charge in [0, 0.05) is 31.5 Å². The van der Waals surface area contributed by atoms with Gasteiger partial charge in [-0.05, 0) is 100 Å². The molecule has 0 bridgehead atoms. The number of ether oxygens (including phenoxy) is 19. The van der Waals surface area contributed by atoms with Crippen LogP contribution in [0, 0.1) is 0 Å². The number of esters is 1. The van der Waals surface area contributed by atoms with Crippen molar-refractivity contribution in [3.05, 3.63) is 436 Å². The lowest BCUT2D eigenvalue weighted by atomic mass is 9.93. The van der Waals surface area contributed by atoms with Gasteiger partial charge in [0.1, 0.15) is 97.4 Å². The van der Waals surface area contributed by atoms with Gasteiger partial charge in [0.2, 0.25) is 0 Å². The summed E-state index contributed by atoms with van der Waals surface area (Å²) in [6, 6.07) is 96.3. The topological polar surface area (TPSA) is 445 Å². The Bertz CT molecular complexity index is 6100. The van der Waals surface area contributed by atoms with Gasteiger partial charge in [-0.25, -0.2) is 0 Å². The van der Waals surface area contributed by atoms with Crippen LogP contribution in [0.4, 0.5) is 0 Å². The summed E-state index contributed by atoms with van der Waals surface area (Å²) in [5.41, 5.74) is 62.5. The predicted octanol–water partition coefficient (Wildman–Crippen LogP) is 19.9. The summed E-state index contributed by atoms with van der Waals surface area (Å²) < 4.78 is 144. The van der Waals surface area contributed by atoms with Crippen molar-refractivity contribution in [1.82, 2.24) is 0 Å². The Morgan fingerprint density at radius 3 is 0.831 bits per heavy atom. The van der Waals surface area contributed by atoms with Crippen molar-refractivity contribution in [3.8, 4) is 0 Å². The van der Waals surface area contributed by atoms with Crippen LogP contribution in [-0.4, -0.2) is 194 Å². The van der Waals surface area contributed by atoms with Crippen molar-refractivity contribution in [2.24, 2.45) is 25.6 Å². The molecule has 0 unspecified atom stereocenters. The maximum Gasteiger partial charge on any atom is 0.303 e. The van der Waals surface area contributed by atoms with E-state index in [0.717, 1.165) is 49.3 Å². The van der Waals surface area contributed by atoms with Crippen LogP contribution < -0.4 is 10.4 Å². The Kier molecular flexibility index (Phi) is 39.8. The van der Waals surface area contributed by atoms with E-state index in [2.05, 4.69) is 70.9 Å². The van der Waals surface area contributed by atoms with Gasteiger partial charge in [-0.15, -0.1) is 0 Å². The van der Waals surface area contributed by atoms with Crippen LogP contribution in [0.5, 0.6) is 0 Å². The normalized spacial score (nSPS) is 27.0. The minimum atomic E-state index is -3.65. The average Bonchev–Trinajstić information content (AvgIpc) is 0.731. The molecule has 148 heavy (non-hydrogen) atoms. The first-order valence-electron chi connectivity index (χ1n) is 49.4. The fourth-order valence-corrected chi connectivity index (χ4v) is 23.9. The average molecular weight is 2030 g/mol. The number of rotatable bonds is 49. The standard InChI is InChI=1S/C111H121N15O21Si/c1-74-91(117-122-112)100(92(118-123-113)109(137-74)147-148(111(3,4)5,85-57-35-15-36-58-85)86-59-37-16-38-60-86)145-107-94(120-125-115)102(134-67-82-51-29-12-30-52-82)97(89(140-107)72-130-63-78-43-21-8-22-44-78)143-106-93(119-124-114)101(133-66-81-49-27-11-28-50-81)98(88(139-106)71-129-62-77-41-19-7-20-42-77)144-108-95(121-126-116)103(99(138-75(2)127)90(141-108)73-131-64-79-45-23-9-24-46-79)146-110-105(136-69-84-55-33-14-34-56-84)104(135-68-83-53-31-13-32-54-83)96(132-65-80-47-25-10-26-48-80)87(142-110)70-128-61-76-39-17-6-18-40-76/h6-60,74,87-110H,61-73H2,1-5H3/t74-,87-,88-,89-,90-,91-,92-,93-,94-,95-,96-,97+,98+,99+,100+,101-,102-,103-,104+,105-,106-,107-,108-,109+,110+/m1/s1. The third-order valence-electron chi connectivity index (χ3n) is 26.3. The van der Waals surface area contributed by atoms with Crippen molar-refractivity contribution in [1.29, 1.82) is 0 Å². The van der Waals surface area contributed by atoms with E-state index in [-0.39, 0.29) is 79.3 Å². The summed E-state index contributed by atoms with van der Waals surface area (Å²) in [5.74, 6) is -0.802. The van der Waals surface area contributed by atoms with E-state index in [4.69, 9.17) is 94.4 Å². The molecule has 5 saturated heterocycles. The maximum atomic E-state index is 14.3. The van der Waals surface area contributed by atoms with E-state index in [1.807, 2.05) is 334 Å². The molecule has 0 spiro atoms. The molecular formula is C111H121N15O21Si. The van der Waals surface area contributed by atoms with Crippen molar-refractivity contribution in [3.63, 3.8) is 0 Å². The van der Waals surface area contributed by atoms with E-state index in [1.54, 1.807) is 6.92 Å². The molecule has 770 valence electrons. The number of carbonyl (C=O) groups excluding carboxylic acids is 1. The fraction of sp³-hybridized carbons (Fsp3) is 0.396. The molecule has 0 radical (unpaired) electrons. The molecule has 5 aliphatic heterocycles. The van der Waals surface area contributed by atoms with Crippen LogP contribution in [-0.2, 0) is 159 Å². The van der Waals surface area contributed by atoms with Crippen LogP contribution in [0.1, 0.15) is 84.7 Å². The van der Waals surface area contributed by atoms with Crippen molar-refractivity contribution in [2.45, 2.75) is 252 Å². The SMILES string of the molecule is CC(=O)O[C@@H]1[C@H](O[C@@H]2O[C@H](COCc3ccccc3)[C@@H](OCc3ccccc3)[C@H](OCc3ccccc3)[C@H]2OCc2ccccc2)[C@@H](N=[N+]=[N-])[C@@H](O[C@@H]2[C@H](OCc3ccccc3)[C@@H](N=[N+]=[N-])[C@@H](O[C@@H]3[C@H](OCc4ccccc4)[C@@H](N=[N+]=[N-])[C@@H](O[C@@H]4[C@@H](N=[N+]=[N-])[C@H](O[Si](c5ccccc5)(c5ccccc5)C(C)(C)C)O[C@H](C)[C@H]4N=[N+]=[N-])O[C@@H]3COCc3ccccc3)O[C@@H]2COCc2ccccc2)O[C@@H]1COCc1ccccc1. The Hall–Kier alpha value is -13.1. The fourth-order valence-electron chi connectivity index (χ4n) is 19.3. The summed E-state index contributed by atoms with van der Waals surface area (Å²) >= 11 is 0. The molecule has 11 aromatic rings. The summed E-state index contributed by atoms with van der Waals surface area (Å²) in [5, 5.41) is 23.4. The lowest BCUT2D eigenvalue weighted by Gasteiger charge is -2.52. The van der Waals surface area contributed by atoms with Gasteiger partial charge in [0.15, 0.2) is 37.6 Å². The zero-order valence-electron chi connectivity index (χ0n) is 82.7. The van der Waals surface area contributed by atoms with E-state index in [0.29, 0.717) is 11.1 Å². The van der Waals surface area contributed by atoms with E-state index < -0.39 is 179 Å². The molecule has 5 fully saturated rings. The number of nitrogens with zero attached hydrogens (tertiary/aromatic N) is 15. The van der Waals surface area contributed by atoms with Gasteiger partial charge in [0.05, 0.1) is 104 Å². The molecule has 0 aliphatic carbocycles. The molecule has 0 amide bonds. The highest BCUT2D eigenvalue weighted by Gasteiger charge is 2.62. The van der Waals surface area contributed by atoms with Gasteiger partial charge in [-0.2, -0.15) is 0 Å². The van der Waals surface area contributed by atoms with Gasteiger partial charge in [-0.3, -0.25) is 4.79 Å². The zero-order valence-corrected chi connectivity index (χ0v) is 83.7. The molecule has 16 rings (SSSR count). The minimum absolute atomic E-state index is 0.00960. The van der Waals surface area contributed by atoms with Gasteiger partial charge >= 0.3 is 5.97 Å². The molecule has 36 nitrogen and oxygen atoms in total. The summed E-state index contributed by atoms with van der Waals surface area (Å²) in [6.45, 7) is 7.66. The van der Waals surface area contributed by atoms with Crippen molar-refractivity contribution < 1.29 is 99.2 Å². The highest BCUT2D eigenvalue weighted by atomic mass is 28.4. The van der Waals surface area contributed by atoms with Gasteiger partial charge < -0.3 is 94.4 Å². The Morgan fingerprint density at radius 2 is 0.520 bits per heavy atom. The molecule has 37 heteroatoms. The number of hydrogen-bond acceptors (Lipinski definition) is 26. The molecule has 25 atom stereocenters. The van der Waals surface area contributed by atoms with E-state index in [9.17, 15) is 32.5 Å². The predicted molar refractivity (Wildman–Crippen MR) is 547 cm³/mol. The van der Waals surface area contributed by atoms with Crippen LogP contribution in [0.3, 0.4) is 0 Å². The van der Waals surface area contributed by atoms with Crippen molar-refractivity contribution in [2.75, 3.05) is 26.4 Å². The highest BCUT2D eigenvalue weighted by Crippen LogP contribution is 2.46. The first-order valence-corrected chi connectivity index (χ1v) is 51.3. The molecule has 0 N–H and O–H groups in total. The zero-order chi connectivity index (χ0) is 103. The second kappa shape index (κ2) is 54.7. The van der Waals surface area contributed by atoms with Crippen LogP contribution >= 0.6 is 0 Å². The Labute approximate surface area is 859 Å². The smallest absolute Gasteiger partial charge is 0.303 e. The summed E-state index contributed by atoms with van der Waals surface area (Å²) in [4.78, 5) is 31.6. The number of benzene rings is 11. The molecule has 5 aliphatic rings. The van der Waals surface area contributed by atoms with Gasteiger partial charge in [-0.1, -0.05) is 380 Å². The largest absolute Gasteiger partial charge is 0.457 e. The Balaban J connectivity index is 0.819. The molecular weight excluding hydrogens is 1910 g/mol. The van der Waals surface area contributed by atoms with E-state index >= 15 is 0 Å². The van der Waals surface area contributed by atoms with Crippen LogP contribution in [0.15, 0.2) is 359 Å². The molecule has 5 heterocycles. The lowest BCUT2D eigenvalue weighted by molar-refractivity contribution is -0.374. The van der Waals surface area contributed by atoms with Crippen LogP contribution in [0.25, 0.3) is 52.2 Å². The summed E-state index contributed by atoms with van der Waals surface area (Å²) in [6.07, 6.45) is -29.3. The molecule has 11 aromatic carbocycles. The lowest BCUT2D eigenvalue weighted by Crippen LogP contribution is -2.71. The highest BCUT2D eigenvalue weighted by molar-refractivity contribution is 6.99. The minimum Gasteiger partial charge on any atom is -0.457 e. The quantitative estimate of drug-likeness (QED) is 0.0112. The number of carbonyl (C=O) groups is 1. The monoisotopic (exact) mass is 2030 g/mol. The first-order chi connectivity index (χ1) is 72.6. The Morgan fingerprint density at radius 1 is 0.277 bits per heavy atom. The number of azide groups is 5. The number of hydrogen-bond donors (Lipinski definition) is 0. The summed E-state index contributed by atoms with van der Waals surface area (Å²) in [7, 11) is -3.65. The maximum absolute atomic E-state index is 14.3.